The molecule has 0 fully saturated rings. The van der Waals surface area contributed by atoms with Gasteiger partial charge in [-0.25, -0.2) is 0 Å². The SMILES string of the molecule is COc1cc2c3c(cc4ccccc4c3c1OC)N(CC/C=C\C/C=C\C/C=C\C/C=C\C/C=C\CCCC(=O)O)C(=O)C2=O. The number of benzene rings is 3. The Bertz CT molecular complexity index is 1680. The highest BCUT2D eigenvalue weighted by Gasteiger charge is 2.35. The standard InChI is InChI=1S/C38H41NO6/c1-44-32-27-30-34-31(26-28-22-19-20-23-29(28)35(34)37(32)45-2)39(38(43)36(30)42)25-21-17-15-13-11-9-7-5-3-4-6-8-10-12-14-16-18-24-33(40)41/h3,5-6,8-9,11-12,14-15,17,19-20,22-23,26-27H,4,7,10,13,16,18,21,24-25H2,1-2H3,(H,40,41)/b5-3-,8-6-,11-9-,14-12-,17-15-. The summed E-state index contributed by atoms with van der Waals surface area (Å²) in [5, 5.41) is 12.0. The Balaban J connectivity index is 1.29. The maximum Gasteiger partial charge on any atom is 0.303 e. The van der Waals surface area contributed by atoms with E-state index in [1.165, 1.54) is 7.11 Å². The van der Waals surface area contributed by atoms with Gasteiger partial charge in [-0.2, -0.15) is 0 Å². The molecule has 0 bridgehead atoms. The van der Waals surface area contributed by atoms with Crippen LogP contribution < -0.4 is 14.4 Å². The number of anilines is 1. The second-order valence-corrected chi connectivity index (χ2v) is 10.7. The lowest BCUT2D eigenvalue weighted by molar-refractivity contribution is -0.137. The van der Waals surface area contributed by atoms with Crippen LogP contribution in [0.15, 0.2) is 97.2 Å². The maximum absolute atomic E-state index is 13.3. The Morgan fingerprint density at radius 2 is 1.38 bits per heavy atom. The van der Waals surface area contributed by atoms with Crippen molar-refractivity contribution in [2.24, 2.45) is 0 Å². The molecule has 3 aromatic rings. The molecule has 3 aromatic carbocycles. The fourth-order valence-electron chi connectivity index (χ4n) is 5.44. The molecule has 0 saturated carbocycles. The summed E-state index contributed by atoms with van der Waals surface area (Å²) in [4.78, 5) is 38.6. The summed E-state index contributed by atoms with van der Waals surface area (Å²) in [6.07, 6.45) is 26.7. The van der Waals surface area contributed by atoms with E-state index in [4.69, 9.17) is 14.6 Å². The van der Waals surface area contributed by atoms with E-state index in [0.29, 0.717) is 47.5 Å². The second kappa shape index (κ2) is 16.8. The smallest absolute Gasteiger partial charge is 0.303 e. The molecule has 0 unspecified atom stereocenters. The number of aliphatic carboxylic acids is 1. The summed E-state index contributed by atoms with van der Waals surface area (Å²) in [7, 11) is 3.11. The van der Waals surface area contributed by atoms with E-state index < -0.39 is 17.7 Å². The summed E-state index contributed by atoms with van der Waals surface area (Å²) < 4.78 is 11.3. The van der Waals surface area contributed by atoms with Crippen LogP contribution in [0.3, 0.4) is 0 Å². The molecule has 1 amide bonds. The molecule has 1 N–H and O–H groups in total. The van der Waals surface area contributed by atoms with Crippen LogP contribution in [0.4, 0.5) is 5.69 Å². The van der Waals surface area contributed by atoms with Gasteiger partial charge in [-0.05, 0) is 67.9 Å². The molecule has 1 aliphatic heterocycles. The fraction of sp³-hybridized carbons (Fsp3) is 0.289. The Hall–Kier alpha value is -4.91. The number of carbonyl (C=O) groups is 3. The zero-order chi connectivity index (χ0) is 32.0. The van der Waals surface area contributed by atoms with Crippen LogP contribution in [0.5, 0.6) is 11.5 Å². The number of nitrogens with zero attached hydrogens (tertiary/aromatic N) is 1. The van der Waals surface area contributed by atoms with Crippen molar-refractivity contribution in [1.29, 1.82) is 0 Å². The number of fused-ring (bicyclic) bond motifs is 2. The summed E-state index contributed by atoms with van der Waals surface area (Å²) >= 11 is 0. The molecule has 0 aliphatic carbocycles. The third kappa shape index (κ3) is 8.38. The number of hydrogen-bond acceptors (Lipinski definition) is 5. The number of carboxylic acids is 1. The van der Waals surface area contributed by atoms with E-state index in [9.17, 15) is 14.4 Å². The van der Waals surface area contributed by atoms with Crippen molar-refractivity contribution in [2.75, 3.05) is 25.7 Å². The molecular weight excluding hydrogens is 566 g/mol. The van der Waals surface area contributed by atoms with Gasteiger partial charge in [-0.15, -0.1) is 0 Å². The number of rotatable bonds is 17. The molecule has 1 aliphatic rings. The van der Waals surface area contributed by atoms with Gasteiger partial charge in [-0.3, -0.25) is 14.4 Å². The van der Waals surface area contributed by atoms with Crippen molar-refractivity contribution in [1.82, 2.24) is 0 Å². The van der Waals surface area contributed by atoms with E-state index in [2.05, 4.69) is 48.6 Å². The van der Waals surface area contributed by atoms with Gasteiger partial charge in [0.15, 0.2) is 11.5 Å². The first-order valence-corrected chi connectivity index (χ1v) is 15.4. The quantitative estimate of drug-likeness (QED) is 0.0716. The number of unbranched alkanes of at least 4 members (excludes halogenated alkanes) is 1. The number of allylic oxidation sites excluding steroid dienone is 9. The molecule has 7 nitrogen and oxygen atoms in total. The molecule has 234 valence electrons. The van der Waals surface area contributed by atoms with Crippen LogP contribution in [0.1, 0.15) is 61.7 Å². The Labute approximate surface area is 264 Å². The third-order valence-corrected chi connectivity index (χ3v) is 7.63. The van der Waals surface area contributed by atoms with Gasteiger partial charge in [0, 0.05) is 29.3 Å². The van der Waals surface area contributed by atoms with Gasteiger partial charge in [0.25, 0.3) is 11.7 Å². The van der Waals surface area contributed by atoms with Crippen LogP contribution in [-0.4, -0.2) is 43.5 Å². The lowest BCUT2D eigenvalue weighted by atomic mass is 9.90. The molecule has 0 saturated heterocycles. The molecule has 45 heavy (non-hydrogen) atoms. The van der Waals surface area contributed by atoms with Gasteiger partial charge < -0.3 is 19.5 Å². The molecule has 0 atom stereocenters. The highest BCUT2D eigenvalue weighted by atomic mass is 16.5. The van der Waals surface area contributed by atoms with Crippen molar-refractivity contribution in [3.8, 4) is 11.5 Å². The van der Waals surface area contributed by atoms with E-state index in [1.54, 1.807) is 18.1 Å². The van der Waals surface area contributed by atoms with Crippen LogP contribution >= 0.6 is 0 Å². The Morgan fingerprint density at radius 3 is 1.98 bits per heavy atom. The van der Waals surface area contributed by atoms with Crippen LogP contribution in [0.25, 0.3) is 21.5 Å². The average molecular weight is 608 g/mol. The van der Waals surface area contributed by atoms with Crippen molar-refractivity contribution in [3.63, 3.8) is 0 Å². The van der Waals surface area contributed by atoms with Gasteiger partial charge in [0.05, 0.1) is 19.9 Å². The normalized spacial score (nSPS) is 13.7. The first-order chi connectivity index (χ1) is 22.0. The minimum absolute atomic E-state index is 0.221. The lowest BCUT2D eigenvalue weighted by Gasteiger charge is -2.30. The van der Waals surface area contributed by atoms with E-state index >= 15 is 0 Å². The number of carboxylic acid groups (broad SMARTS) is 1. The van der Waals surface area contributed by atoms with Gasteiger partial charge in [-0.1, -0.05) is 85.0 Å². The predicted octanol–water partition coefficient (Wildman–Crippen LogP) is 8.53. The summed E-state index contributed by atoms with van der Waals surface area (Å²) in [6, 6.07) is 11.5. The molecule has 7 heteroatoms. The number of Topliss-reactive ketones (excluding diaryl/α,β-unsaturated/α-hetero) is 1. The third-order valence-electron chi connectivity index (χ3n) is 7.63. The summed E-state index contributed by atoms with van der Waals surface area (Å²) in [6.45, 7) is 0.392. The minimum atomic E-state index is -0.744. The van der Waals surface area contributed by atoms with Crippen molar-refractivity contribution in [3.05, 3.63) is 103 Å². The second-order valence-electron chi connectivity index (χ2n) is 10.7. The highest BCUT2D eigenvalue weighted by Crippen LogP contribution is 2.47. The minimum Gasteiger partial charge on any atom is -0.493 e. The van der Waals surface area contributed by atoms with Crippen LogP contribution in [0, 0.1) is 0 Å². The summed E-state index contributed by atoms with van der Waals surface area (Å²) in [5.41, 5.74) is 1.05. The van der Waals surface area contributed by atoms with Crippen LogP contribution in [0.2, 0.25) is 0 Å². The number of ketones is 1. The highest BCUT2D eigenvalue weighted by molar-refractivity contribution is 6.53. The monoisotopic (exact) mass is 607 g/mol. The zero-order valence-electron chi connectivity index (χ0n) is 26.0. The van der Waals surface area contributed by atoms with Gasteiger partial charge in [0.2, 0.25) is 0 Å². The number of hydrogen-bond donors (Lipinski definition) is 1. The van der Waals surface area contributed by atoms with Crippen molar-refractivity contribution >= 4 is 44.9 Å². The van der Waals surface area contributed by atoms with Crippen molar-refractivity contribution < 1.29 is 29.0 Å². The van der Waals surface area contributed by atoms with Gasteiger partial charge in [0.1, 0.15) is 0 Å². The van der Waals surface area contributed by atoms with E-state index in [1.807, 2.05) is 42.5 Å². The van der Waals surface area contributed by atoms with Gasteiger partial charge >= 0.3 is 5.97 Å². The first kappa shape index (κ1) is 33.0. The summed E-state index contributed by atoms with van der Waals surface area (Å²) in [5.74, 6) is -0.851. The fourth-order valence-corrected chi connectivity index (χ4v) is 5.44. The largest absolute Gasteiger partial charge is 0.493 e. The lowest BCUT2D eigenvalue weighted by Crippen LogP contribution is -2.40. The molecule has 0 radical (unpaired) electrons. The maximum atomic E-state index is 13.3. The van der Waals surface area contributed by atoms with E-state index in [-0.39, 0.29) is 6.42 Å². The molecule has 0 spiro atoms. The topological polar surface area (TPSA) is 93.1 Å². The number of ether oxygens (including phenoxy) is 2. The molecule has 4 rings (SSSR count). The number of methoxy groups -OCH3 is 2. The average Bonchev–Trinajstić information content (AvgIpc) is 3.05. The molecule has 1 heterocycles. The van der Waals surface area contributed by atoms with Crippen LogP contribution in [-0.2, 0) is 9.59 Å². The Kier molecular flexibility index (Phi) is 12.3. The molecule has 0 aromatic heterocycles. The Morgan fingerprint density at radius 1 is 0.778 bits per heavy atom. The molecular formula is C38H41NO6. The number of amides is 1. The van der Waals surface area contributed by atoms with E-state index in [0.717, 1.165) is 48.3 Å². The van der Waals surface area contributed by atoms with Crippen molar-refractivity contribution in [2.45, 2.75) is 51.4 Å². The number of carbonyl (C=O) groups excluding carboxylic acids is 2. The first-order valence-electron chi connectivity index (χ1n) is 15.4. The zero-order valence-corrected chi connectivity index (χ0v) is 26.0. The predicted molar refractivity (Wildman–Crippen MR) is 182 cm³/mol.